The van der Waals surface area contributed by atoms with E-state index < -0.39 is 5.97 Å². The largest absolute Gasteiger partial charge is 0.508 e. The highest BCUT2D eigenvalue weighted by molar-refractivity contribution is 5.87. The lowest BCUT2D eigenvalue weighted by Gasteiger charge is -1.95. The maximum Gasteiger partial charge on any atom is 0.335 e. The van der Waals surface area contributed by atoms with Crippen LogP contribution in [0.4, 0.5) is 0 Å². The zero-order chi connectivity index (χ0) is 27.6. The Balaban J connectivity index is 0.000000247. The lowest BCUT2D eigenvalue weighted by molar-refractivity contribution is 0.0697. The van der Waals surface area contributed by atoms with Gasteiger partial charge < -0.3 is 10.2 Å². The molecule has 0 amide bonds. The average molecular weight is 493 g/mol. The molecule has 2 N–H and O–H groups in total. The summed E-state index contributed by atoms with van der Waals surface area (Å²) in [5.74, 6) is -0.912. The Bertz CT molecular complexity index is 1270. The van der Waals surface area contributed by atoms with E-state index in [9.17, 15) is 4.79 Å². The number of carboxylic acids is 1. The lowest BCUT2D eigenvalue weighted by Crippen LogP contribution is -1.93. The number of aromatic carboxylic acids is 1. The monoisotopic (exact) mass is 492 g/mol. The summed E-state index contributed by atoms with van der Waals surface area (Å²) in [6, 6.07) is 30.1. The quantitative estimate of drug-likeness (QED) is 0.299. The average Bonchev–Trinajstić information content (AvgIpc) is 2.91. The van der Waals surface area contributed by atoms with Crippen molar-refractivity contribution < 1.29 is 15.0 Å². The Hall–Kier alpha value is -4.63. The molecule has 0 heterocycles. The van der Waals surface area contributed by atoms with Crippen LogP contribution < -0.4 is 0 Å². The van der Waals surface area contributed by atoms with Gasteiger partial charge in [-0.05, 0) is 67.3 Å². The minimum absolute atomic E-state index is 0.0741. The van der Waals surface area contributed by atoms with Gasteiger partial charge in [0.15, 0.2) is 0 Å². The van der Waals surface area contributed by atoms with Crippen molar-refractivity contribution in [3.63, 3.8) is 0 Å². The van der Waals surface area contributed by atoms with Crippen LogP contribution in [-0.4, -0.2) is 16.2 Å². The predicted molar refractivity (Wildman–Crippen MR) is 159 cm³/mol. The van der Waals surface area contributed by atoms with Gasteiger partial charge in [-0.3, -0.25) is 0 Å². The maximum atomic E-state index is 10.2. The third kappa shape index (κ3) is 12.6. The molecule has 0 aliphatic heterocycles. The van der Waals surface area contributed by atoms with E-state index in [0.29, 0.717) is 0 Å². The molecular formula is C34H36O3. The van der Waals surface area contributed by atoms with Gasteiger partial charge in [0.1, 0.15) is 5.75 Å². The van der Waals surface area contributed by atoms with Crippen molar-refractivity contribution in [3.8, 4) is 5.75 Å². The summed E-state index contributed by atoms with van der Waals surface area (Å²) in [5.41, 5.74) is 7.63. The van der Waals surface area contributed by atoms with E-state index in [1.165, 1.54) is 57.6 Å². The summed E-state index contributed by atoms with van der Waals surface area (Å²) in [6.45, 7) is 17.3. The highest BCUT2D eigenvalue weighted by Crippen LogP contribution is 2.09. The SMILES string of the molecule is C=Cc1ccc(C)cc1.C=Cc1cccc(C)c1.C=Cc1ccccc1C.O=C(O)c1ccc(O)cc1. The molecule has 0 unspecified atom stereocenters. The Morgan fingerprint density at radius 1 is 0.649 bits per heavy atom. The first-order valence-corrected chi connectivity index (χ1v) is 11.8. The second-order valence-electron chi connectivity index (χ2n) is 8.15. The fraction of sp³-hybridized carbons (Fsp3) is 0.0882. The number of phenols is 1. The van der Waals surface area contributed by atoms with Crippen LogP contribution >= 0.6 is 0 Å². The lowest BCUT2D eigenvalue weighted by atomic mass is 10.1. The molecule has 0 aromatic heterocycles. The van der Waals surface area contributed by atoms with Gasteiger partial charge in [0.25, 0.3) is 0 Å². The van der Waals surface area contributed by atoms with Gasteiger partial charge in [0.05, 0.1) is 5.56 Å². The van der Waals surface area contributed by atoms with E-state index in [0.717, 1.165) is 0 Å². The summed E-state index contributed by atoms with van der Waals surface area (Å²) in [7, 11) is 0. The van der Waals surface area contributed by atoms with Gasteiger partial charge in [0.2, 0.25) is 0 Å². The number of aromatic hydroxyl groups is 1. The van der Waals surface area contributed by atoms with Crippen LogP contribution in [0.5, 0.6) is 5.75 Å². The molecule has 0 aliphatic carbocycles. The van der Waals surface area contributed by atoms with Crippen LogP contribution in [0.3, 0.4) is 0 Å². The Morgan fingerprint density at radius 3 is 1.68 bits per heavy atom. The first-order valence-electron chi connectivity index (χ1n) is 11.8. The third-order valence-electron chi connectivity index (χ3n) is 5.11. The van der Waals surface area contributed by atoms with E-state index in [4.69, 9.17) is 10.2 Å². The minimum Gasteiger partial charge on any atom is -0.508 e. The first kappa shape index (κ1) is 30.4. The second kappa shape index (κ2) is 16.9. The van der Waals surface area contributed by atoms with Crippen molar-refractivity contribution in [1.82, 2.24) is 0 Å². The number of phenolic OH excluding ortho intramolecular Hbond substituents is 1. The molecule has 0 radical (unpaired) electrons. The third-order valence-corrected chi connectivity index (χ3v) is 5.11. The molecule has 0 atom stereocenters. The van der Waals surface area contributed by atoms with Crippen LogP contribution in [0.2, 0.25) is 0 Å². The smallest absolute Gasteiger partial charge is 0.335 e. The van der Waals surface area contributed by atoms with Crippen molar-refractivity contribution in [2.75, 3.05) is 0 Å². The number of aryl methyl sites for hydroxylation is 3. The zero-order valence-electron chi connectivity index (χ0n) is 21.9. The van der Waals surface area contributed by atoms with Crippen LogP contribution in [-0.2, 0) is 0 Å². The molecule has 3 nitrogen and oxygen atoms in total. The van der Waals surface area contributed by atoms with Crippen LogP contribution in [0.15, 0.2) is 117 Å². The topological polar surface area (TPSA) is 57.5 Å². The summed E-state index contributed by atoms with van der Waals surface area (Å²) < 4.78 is 0. The summed E-state index contributed by atoms with van der Waals surface area (Å²) in [6.07, 6.45) is 5.57. The van der Waals surface area contributed by atoms with E-state index >= 15 is 0 Å². The van der Waals surface area contributed by atoms with Crippen LogP contribution in [0.1, 0.15) is 43.7 Å². The summed E-state index contributed by atoms with van der Waals surface area (Å²) in [5, 5.41) is 17.1. The number of carbonyl (C=O) groups is 1. The zero-order valence-corrected chi connectivity index (χ0v) is 21.9. The van der Waals surface area contributed by atoms with Crippen molar-refractivity contribution in [2.45, 2.75) is 20.8 Å². The molecule has 37 heavy (non-hydrogen) atoms. The predicted octanol–water partition coefficient (Wildman–Crippen LogP) is 9.00. The Labute approximate surface area is 221 Å². The van der Waals surface area contributed by atoms with Crippen molar-refractivity contribution in [3.05, 3.63) is 156 Å². The molecule has 3 heteroatoms. The molecule has 4 aromatic carbocycles. The van der Waals surface area contributed by atoms with Gasteiger partial charge in [-0.15, -0.1) is 0 Å². The van der Waals surface area contributed by atoms with E-state index in [2.05, 4.69) is 89.0 Å². The molecule has 190 valence electrons. The van der Waals surface area contributed by atoms with Gasteiger partial charge >= 0.3 is 5.97 Å². The standard InChI is InChI=1S/3C9H10.C7H6O3/c1-3-9-6-4-8(2)5-7-9;1-3-9-6-4-5-8(2)7-9;1-3-9-7-5-4-6-8(9)2;8-6-3-1-5(2-4-6)7(9)10/h3*3-7H,1H2,2H3;1-4,8H,(H,9,10). The van der Waals surface area contributed by atoms with Crippen molar-refractivity contribution in [2.24, 2.45) is 0 Å². The second-order valence-corrected chi connectivity index (χ2v) is 8.15. The number of hydrogen-bond acceptors (Lipinski definition) is 2. The van der Waals surface area contributed by atoms with Crippen LogP contribution in [0, 0.1) is 20.8 Å². The molecule has 0 fully saturated rings. The number of hydrogen-bond donors (Lipinski definition) is 2. The molecule has 0 spiro atoms. The van der Waals surface area contributed by atoms with Crippen molar-refractivity contribution >= 4 is 24.2 Å². The van der Waals surface area contributed by atoms with Gasteiger partial charge in [-0.1, -0.05) is 122 Å². The van der Waals surface area contributed by atoms with Gasteiger partial charge in [0, 0.05) is 0 Å². The minimum atomic E-state index is -0.986. The molecule has 4 aromatic rings. The number of rotatable bonds is 4. The molecular weight excluding hydrogens is 456 g/mol. The van der Waals surface area contributed by atoms with E-state index in [1.54, 1.807) is 0 Å². The highest BCUT2D eigenvalue weighted by Gasteiger charge is 1.99. The maximum absolute atomic E-state index is 10.2. The van der Waals surface area contributed by atoms with Gasteiger partial charge in [-0.2, -0.15) is 0 Å². The fourth-order valence-electron chi connectivity index (χ4n) is 2.92. The highest BCUT2D eigenvalue weighted by atomic mass is 16.4. The van der Waals surface area contributed by atoms with Gasteiger partial charge in [-0.25, -0.2) is 4.79 Å². The Kier molecular flexibility index (Phi) is 13.9. The van der Waals surface area contributed by atoms with E-state index in [1.807, 2.05) is 42.5 Å². The fourth-order valence-corrected chi connectivity index (χ4v) is 2.92. The Morgan fingerprint density at radius 2 is 1.24 bits per heavy atom. The molecule has 4 rings (SSSR count). The number of benzene rings is 4. The summed E-state index contributed by atoms with van der Waals surface area (Å²) >= 11 is 0. The molecule has 0 aliphatic rings. The molecule has 0 bridgehead atoms. The van der Waals surface area contributed by atoms with Crippen molar-refractivity contribution in [1.29, 1.82) is 0 Å². The van der Waals surface area contributed by atoms with E-state index in [-0.39, 0.29) is 11.3 Å². The van der Waals surface area contributed by atoms with Crippen LogP contribution in [0.25, 0.3) is 18.2 Å². The number of carboxylic acid groups (broad SMARTS) is 1. The molecule has 0 saturated heterocycles. The molecule has 0 saturated carbocycles. The normalized spacial score (nSPS) is 9.05. The first-order chi connectivity index (χ1) is 17.7. The summed E-state index contributed by atoms with van der Waals surface area (Å²) in [4.78, 5) is 10.2.